The van der Waals surface area contributed by atoms with Crippen LogP contribution in [-0.4, -0.2) is 6.54 Å². The molecular weight excluding hydrogens is 412 g/mol. The van der Waals surface area contributed by atoms with Crippen molar-refractivity contribution in [2.75, 3.05) is 6.54 Å². The third-order valence-electron chi connectivity index (χ3n) is 2.84. The van der Waals surface area contributed by atoms with Crippen molar-refractivity contribution < 1.29 is 8.78 Å². The number of hydrogen-bond acceptors (Lipinski definition) is 2. The maximum absolute atomic E-state index is 14.2. The third-order valence-corrected chi connectivity index (χ3v) is 5.33. The van der Waals surface area contributed by atoms with Crippen LogP contribution >= 0.6 is 43.2 Å². The summed E-state index contributed by atoms with van der Waals surface area (Å²) >= 11 is 8.09. The van der Waals surface area contributed by atoms with E-state index in [2.05, 4.69) is 37.2 Å². The molecule has 0 saturated carbocycles. The second-order valence-corrected chi connectivity index (χ2v) is 7.40. The Labute approximate surface area is 137 Å². The summed E-state index contributed by atoms with van der Waals surface area (Å²) in [6, 6.07) is 4.04. The van der Waals surface area contributed by atoms with Gasteiger partial charge >= 0.3 is 0 Å². The molecule has 0 aliphatic carbocycles. The standard InChI is InChI=1S/C14H13Br2F2NS/c1-3-19-13(14-9(16)4-7(2)20-14)12-10(17)5-8(15)6-11(12)18/h4-6,13,19H,3H2,1-2H3. The monoisotopic (exact) mass is 423 g/mol. The molecule has 1 unspecified atom stereocenters. The van der Waals surface area contributed by atoms with Crippen LogP contribution < -0.4 is 5.32 Å². The van der Waals surface area contributed by atoms with Crippen molar-refractivity contribution in [2.45, 2.75) is 19.9 Å². The highest BCUT2D eigenvalue weighted by Crippen LogP contribution is 2.38. The van der Waals surface area contributed by atoms with E-state index in [1.807, 2.05) is 19.9 Å². The van der Waals surface area contributed by atoms with E-state index in [1.54, 1.807) is 0 Å². The smallest absolute Gasteiger partial charge is 0.132 e. The van der Waals surface area contributed by atoms with E-state index in [1.165, 1.54) is 23.5 Å². The van der Waals surface area contributed by atoms with Crippen molar-refractivity contribution in [2.24, 2.45) is 0 Å². The fourth-order valence-corrected chi connectivity index (χ4v) is 4.42. The third kappa shape index (κ3) is 3.30. The highest BCUT2D eigenvalue weighted by molar-refractivity contribution is 9.10. The van der Waals surface area contributed by atoms with E-state index in [0.717, 1.165) is 14.2 Å². The number of halogens is 4. The van der Waals surface area contributed by atoms with Gasteiger partial charge in [-0.3, -0.25) is 0 Å². The van der Waals surface area contributed by atoms with E-state index in [4.69, 9.17) is 0 Å². The first-order valence-electron chi connectivity index (χ1n) is 6.07. The van der Waals surface area contributed by atoms with E-state index in [-0.39, 0.29) is 5.56 Å². The zero-order valence-electron chi connectivity index (χ0n) is 10.9. The van der Waals surface area contributed by atoms with E-state index < -0.39 is 17.7 Å². The van der Waals surface area contributed by atoms with Gasteiger partial charge in [0, 0.05) is 24.3 Å². The quantitative estimate of drug-likeness (QED) is 0.677. The Balaban J connectivity index is 2.57. The predicted molar refractivity (Wildman–Crippen MR) is 86.3 cm³/mol. The Bertz CT molecular complexity index is 605. The van der Waals surface area contributed by atoms with Gasteiger partial charge in [0.15, 0.2) is 0 Å². The summed E-state index contributed by atoms with van der Waals surface area (Å²) < 4.78 is 29.6. The number of benzene rings is 1. The Hall–Kier alpha value is -0.300. The second-order valence-electron chi connectivity index (χ2n) is 4.34. The zero-order chi connectivity index (χ0) is 14.9. The number of aryl methyl sites for hydroxylation is 1. The van der Waals surface area contributed by atoms with Crippen LogP contribution in [0.1, 0.15) is 28.3 Å². The highest BCUT2D eigenvalue weighted by atomic mass is 79.9. The van der Waals surface area contributed by atoms with E-state index in [9.17, 15) is 8.78 Å². The summed E-state index contributed by atoms with van der Waals surface area (Å²) in [5, 5.41) is 3.16. The van der Waals surface area contributed by atoms with Crippen molar-refractivity contribution in [1.82, 2.24) is 5.32 Å². The minimum absolute atomic E-state index is 0.0533. The number of nitrogens with one attached hydrogen (secondary N) is 1. The summed E-state index contributed by atoms with van der Waals surface area (Å²) in [6.07, 6.45) is 0. The summed E-state index contributed by atoms with van der Waals surface area (Å²) in [5.74, 6) is -1.11. The minimum Gasteiger partial charge on any atom is -0.306 e. The maximum Gasteiger partial charge on any atom is 0.132 e. The summed E-state index contributed by atoms with van der Waals surface area (Å²) in [4.78, 5) is 1.97. The first-order chi connectivity index (χ1) is 9.43. The molecule has 0 saturated heterocycles. The lowest BCUT2D eigenvalue weighted by Crippen LogP contribution is -2.23. The SMILES string of the molecule is CCNC(c1sc(C)cc1Br)c1c(F)cc(Br)cc1F. The van der Waals surface area contributed by atoms with E-state index in [0.29, 0.717) is 11.0 Å². The Morgan fingerprint density at radius 3 is 2.25 bits per heavy atom. The predicted octanol–water partition coefficient (Wildman–Crippen LogP) is 5.56. The lowest BCUT2D eigenvalue weighted by Gasteiger charge is -2.19. The Kier molecular flexibility index (Phi) is 5.34. The van der Waals surface area contributed by atoms with Crippen molar-refractivity contribution >= 4 is 43.2 Å². The molecule has 1 N–H and O–H groups in total. The van der Waals surface area contributed by atoms with Crippen LogP contribution in [0.5, 0.6) is 0 Å². The number of rotatable bonds is 4. The fourth-order valence-electron chi connectivity index (χ4n) is 2.06. The Morgan fingerprint density at radius 2 is 1.80 bits per heavy atom. The molecule has 0 spiro atoms. The molecule has 2 rings (SSSR count). The minimum atomic E-state index is -0.555. The van der Waals surface area contributed by atoms with Crippen molar-refractivity contribution in [1.29, 1.82) is 0 Å². The van der Waals surface area contributed by atoms with Crippen LogP contribution in [0.2, 0.25) is 0 Å². The van der Waals surface area contributed by atoms with Gasteiger partial charge in [-0.15, -0.1) is 11.3 Å². The number of thiophene rings is 1. The molecule has 1 atom stereocenters. The van der Waals surface area contributed by atoms with Crippen LogP contribution in [0.4, 0.5) is 8.78 Å². The van der Waals surface area contributed by atoms with Crippen LogP contribution in [0.3, 0.4) is 0 Å². The molecule has 1 nitrogen and oxygen atoms in total. The van der Waals surface area contributed by atoms with Crippen LogP contribution in [-0.2, 0) is 0 Å². The van der Waals surface area contributed by atoms with Gasteiger partial charge in [-0.25, -0.2) is 8.78 Å². The maximum atomic E-state index is 14.2. The highest BCUT2D eigenvalue weighted by Gasteiger charge is 2.25. The van der Waals surface area contributed by atoms with Gasteiger partial charge in [0.05, 0.1) is 6.04 Å². The summed E-state index contributed by atoms with van der Waals surface area (Å²) in [7, 11) is 0. The molecule has 1 heterocycles. The first kappa shape index (κ1) is 16.1. The number of hydrogen-bond donors (Lipinski definition) is 1. The largest absolute Gasteiger partial charge is 0.306 e. The molecule has 0 aliphatic rings. The molecule has 20 heavy (non-hydrogen) atoms. The molecule has 1 aromatic carbocycles. The molecule has 2 aromatic rings. The van der Waals surface area contributed by atoms with Gasteiger partial charge in [-0.2, -0.15) is 0 Å². The second kappa shape index (κ2) is 6.64. The topological polar surface area (TPSA) is 12.0 Å². The van der Waals surface area contributed by atoms with Crippen molar-refractivity contribution in [3.8, 4) is 0 Å². The van der Waals surface area contributed by atoms with Crippen molar-refractivity contribution in [3.05, 3.63) is 54.1 Å². The summed E-state index contributed by atoms with van der Waals surface area (Å²) in [5.41, 5.74) is 0.0533. The van der Waals surface area contributed by atoms with Crippen LogP contribution in [0.25, 0.3) is 0 Å². The average molecular weight is 425 g/mol. The van der Waals surface area contributed by atoms with Crippen LogP contribution in [0, 0.1) is 18.6 Å². The van der Waals surface area contributed by atoms with E-state index >= 15 is 0 Å². The van der Waals surface area contributed by atoms with Gasteiger partial charge in [0.25, 0.3) is 0 Å². The molecule has 1 aromatic heterocycles. The van der Waals surface area contributed by atoms with Gasteiger partial charge in [0.1, 0.15) is 11.6 Å². The van der Waals surface area contributed by atoms with Gasteiger partial charge in [0.2, 0.25) is 0 Å². The first-order valence-corrected chi connectivity index (χ1v) is 8.48. The lowest BCUT2D eigenvalue weighted by molar-refractivity contribution is 0.512. The average Bonchev–Trinajstić information content (AvgIpc) is 2.66. The van der Waals surface area contributed by atoms with Gasteiger partial charge in [-0.05, 0) is 47.6 Å². The molecule has 0 amide bonds. The van der Waals surface area contributed by atoms with Gasteiger partial charge in [-0.1, -0.05) is 22.9 Å². The molecule has 6 heteroatoms. The van der Waals surface area contributed by atoms with Crippen LogP contribution in [0.15, 0.2) is 27.1 Å². The summed E-state index contributed by atoms with van der Waals surface area (Å²) in [6.45, 7) is 4.50. The van der Waals surface area contributed by atoms with Gasteiger partial charge < -0.3 is 5.32 Å². The molecule has 0 bridgehead atoms. The fraction of sp³-hybridized carbons (Fsp3) is 0.286. The molecular formula is C14H13Br2F2NS. The zero-order valence-corrected chi connectivity index (χ0v) is 14.9. The normalized spacial score (nSPS) is 12.7. The molecule has 108 valence electrons. The molecule has 0 radical (unpaired) electrons. The molecule has 0 aliphatic heterocycles. The lowest BCUT2D eigenvalue weighted by atomic mass is 10.0. The molecule has 0 fully saturated rings. The van der Waals surface area contributed by atoms with Crippen molar-refractivity contribution in [3.63, 3.8) is 0 Å². The Morgan fingerprint density at radius 1 is 1.20 bits per heavy atom.